The molecule has 3 atom stereocenters. The molecule has 0 aliphatic carbocycles. The SMILES string of the molecule is C=CC(CC/C=C/CO)CC1OC1CO. The highest BCUT2D eigenvalue weighted by Crippen LogP contribution is 2.30. The van der Waals surface area contributed by atoms with Gasteiger partial charge in [-0.15, -0.1) is 6.58 Å². The minimum Gasteiger partial charge on any atom is -0.394 e. The summed E-state index contributed by atoms with van der Waals surface area (Å²) in [5.41, 5.74) is 0. The molecule has 3 nitrogen and oxygen atoms in total. The van der Waals surface area contributed by atoms with Crippen molar-refractivity contribution in [2.24, 2.45) is 5.92 Å². The molecular formula is C12H20O3. The van der Waals surface area contributed by atoms with E-state index in [2.05, 4.69) is 6.58 Å². The summed E-state index contributed by atoms with van der Waals surface area (Å²) in [4.78, 5) is 0. The number of hydrogen-bond acceptors (Lipinski definition) is 3. The van der Waals surface area contributed by atoms with E-state index in [1.165, 1.54) is 0 Å². The number of epoxide rings is 1. The average Bonchev–Trinajstić information content (AvgIpc) is 3.01. The summed E-state index contributed by atoms with van der Waals surface area (Å²) in [6.45, 7) is 4.03. The van der Waals surface area contributed by atoms with E-state index in [0.29, 0.717) is 5.92 Å². The highest BCUT2D eigenvalue weighted by molar-refractivity contribution is 4.92. The van der Waals surface area contributed by atoms with Gasteiger partial charge in [0.25, 0.3) is 0 Å². The Labute approximate surface area is 91.1 Å². The zero-order valence-corrected chi connectivity index (χ0v) is 9.01. The Kier molecular flexibility index (Phi) is 5.61. The number of rotatable bonds is 8. The molecule has 1 heterocycles. The molecule has 1 aliphatic rings. The van der Waals surface area contributed by atoms with E-state index in [1.807, 2.05) is 12.2 Å². The van der Waals surface area contributed by atoms with Gasteiger partial charge in [-0.05, 0) is 25.2 Å². The molecule has 0 radical (unpaired) electrons. The summed E-state index contributed by atoms with van der Waals surface area (Å²) in [6, 6.07) is 0. The molecule has 86 valence electrons. The van der Waals surface area contributed by atoms with Crippen LogP contribution in [-0.4, -0.2) is 35.6 Å². The van der Waals surface area contributed by atoms with E-state index in [1.54, 1.807) is 6.08 Å². The molecule has 0 saturated carbocycles. The molecule has 0 amide bonds. The molecule has 3 unspecified atom stereocenters. The largest absolute Gasteiger partial charge is 0.394 e. The van der Waals surface area contributed by atoms with Crippen molar-refractivity contribution in [2.45, 2.75) is 31.5 Å². The second-order valence-corrected chi connectivity index (χ2v) is 3.86. The van der Waals surface area contributed by atoms with Crippen LogP contribution in [0.2, 0.25) is 0 Å². The Balaban J connectivity index is 2.13. The first kappa shape index (κ1) is 12.4. The van der Waals surface area contributed by atoms with Crippen LogP contribution in [0, 0.1) is 5.92 Å². The van der Waals surface area contributed by atoms with E-state index in [4.69, 9.17) is 14.9 Å². The highest BCUT2D eigenvalue weighted by Gasteiger charge is 2.38. The highest BCUT2D eigenvalue weighted by atomic mass is 16.6. The Hall–Kier alpha value is -0.640. The fourth-order valence-electron chi connectivity index (χ4n) is 1.68. The maximum atomic E-state index is 8.82. The summed E-state index contributed by atoms with van der Waals surface area (Å²) < 4.78 is 5.27. The van der Waals surface area contributed by atoms with Gasteiger partial charge in [-0.25, -0.2) is 0 Å². The van der Waals surface area contributed by atoms with Gasteiger partial charge in [-0.2, -0.15) is 0 Å². The van der Waals surface area contributed by atoms with Crippen LogP contribution < -0.4 is 0 Å². The third-order valence-corrected chi connectivity index (χ3v) is 2.71. The predicted molar refractivity (Wildman–Crippen MR) is 59.5 cm³/mol. The third kappa shape index (κ3) is 4.60. The topological polar surface area (TPSA) is 53.0 Å². The van der Waals surface area contributed by atoms with E-state index in [9.17, 15) is 0 Å². The lowest BCUT2D eigenvalue weighted by Crippen LogP contribution is -2.05. The van der Waals surface area contributed by atoms with Crippen LogP contribution >= 0.6 is 0 Å². The van der Waals surface area contributed by atoms with Gasteiger partial charge in [0.1, 0.15) is 6.10 Å². The number of aliphatic hydroxyl groups excluding tert-OH is 2. The molecule has 1 saturated heterocycles. The second-order valence-electron chi connectivity index (χ2n) is 3.86. The van der Waals surface area contributed by atoms with Gasteiger partial charge < -0.3 is 14.9 Å². The minimum absolute atomic E-state index is 0.0560. The van der Waals surface area contributed by atoms with Crippen LogP contribution in [-0.2, 0) is 4.74 Å². The van der Waals surface area contributed by atoms with E-state index in [-0.39, 0.29) is 25.4 Å². The molecule has 0 bridgehead atoms. The van der Waals surface area contributed by atoms with Crippen molar-refractivity contribution in [1.29, 1.82) is 0 Å². The quantitative estimate of drug-likeness (QED) is 0.470. The molecule has 1 fully saturated rings. The Morgan fingerprint density at radius 3 is 2.60 bits per heavy atom. The molecule has 2 N–H and O–H groups in total. The summed E-state index contributed by atoms with van der Waals surface area (Å²) in [6.07, 6.45) is 8.88. The lowest BCUT2D eigenvalue weighted by molar-refractivity contribution is 0.241. The second kappa shape index (κ2) is 6.77. The van der Waals surface area contributed by atoms with Gasteiger partial charge in [0.15, 0.2) is 0 Å². The maximum absolute atomic E-state index is 8.82. The number of aliphatic hydroxyl groups is 2. The Morgan fingerprint density at radius 1 is 1.27 bits per heavy atom. The first-order valence-electron chi connectivity index (χ1n) is 5.46. The van der Waals surface area contributed by atoms with Crippen LogP contribution in [0.25, 0.3) is 0 Å². The monoisotopic (exact) mass is 212 g/mol. The van der Waals surface area contributed by atoms with E-state index < -0.39 is 0 Å². The molecule has 3 heteroatoms. The van der Waals surface area contributed by atoms with Gasteiger partial charge in [0.05, 0.1) is 19.3 Å². The zero-order chi connectivity index (χ0) is 11.1. The van der Waals surface area contributed by atoms with Crippen molar-refractivity contribution < 1.29 is 14.9 Å². The summed E-state index contributed by atoms with van der Waals surface area (Å²) >= 11 is 0. The molecule has 0 aromatic carbocycles. The molecule has 0 aromatic rings. The summed E-state index contributed by atoms with van der Waals surface area (Å²) in [5.74, 6) is 0.440. The molecule has 1 rings (SSSR count). The number of allylic oxidation sites excluding steroid dienone is 2. The molecule has 0 spiro atoms. The molecular weight excluding hydrogens is 192 g/mol. The van der Waals surface area contributed by atoms with Crippen molar-refractivity contribution in [3.63, 3.8) is 0 Å². The van der Waals surface area contributed by atoms with Crippen molar-refractivity contribution in [3.05, 3.63) is 24.8 Å². The zero-order valence-electron chi connectivity index (χ0n) is 9.01. The standard InChI is InChI=1S/C12H20O3/c1-2-10(6-4-3-5-7-13)8-11-12(9-14)15-11/h2-3,5,10-14H,1,4,6-9H2/b5-3+. The van der Waals surface area contributed by atoms with Gasteiger partial charge in [0.2, 0.25) is 0 Å². The summed E-state index contributed by atoms with van der Waals surface area (Å²) in [5, 5.41) is 17.4. The normalized spacial score (nSPS) is 26.8. The lowest BCUT2D eigenvalue weighted by atomic mass is 9.96. The molecule has 15 heavy (non-hydrogen) atoms. The fraction of sp³-hybridized carbons (Fsp3) is 0.667. The van der Waals surface area contributed by atoms with Gasteiger partial charge in [0, 0.05) is 0 Å². The van der Waals surface area contributed by atoms with Crippen LogP contribution in [0.3, 0.4) is 0 Å². The van der Waals surface area contributed by atoms with Crippen LogP contribution in [0.1, 0.15) is 19.3 Å². The minimum atomic E-state index is 0.0560. The Morgan fingerprint density at radius 2 is 2.07 bits per heavy atom. The van der Waals surface area contributed by atoms with Crippen LogP contribution in [0.15, 0.2) is 24.8 Å². The van der Waals surface area contributed by atoms with Crippen LogP contribution in [0.4, 0.5) is 0 Å². The van der Waals surface area contributed by atoms with Crippen molar-refractivity contribution in [2.75, 3.05) is 13.2 Å². The smallest absolute Gasteiger partial charge is 0.107 e. The third-order valence-electron chi connectivity index (χ3n) is 2.71. The van der Waals surface area contributed by atoms with Gasteiger partial charge in [-0.3, -0.25) is 0 Å². The number of hydrogen-bond donors (Lipinski definition) is 2. The first-order chi connectivity index (χ1) is 7.31. The Bertz CT molecular complexity index is 213. The van der Waals surface area contributed by atoms with E-state index >= 15 is 0 Å². The molecule has 0 aromatic heterocycles. The molecule has 1 aliphatic heterocycles. The van der Waals surface area contributed by atoms with Crippen molar-refractivity contribution in [3.8, 4) is 0 Å². The van der Waals surface area contributed by atoms with Gasteiger partial charge in [-0.1, -0.05) is 18.2 Å². The van der Waals surface area contributed by atoms with Gasteiger partial charge >= 0.3 is 0 Å². The number of ether oxygens (including phenoxy) is 1. The van der Waals surface area contributed by atoms with Crippen molar-refractivity contribution in [1.82, 2.24) is 0 Å². The van der Waals surface area contributed by atoms with Crippen molar-refractivity contribution >= 4 is 0 Å². The van der Waals surface area contributed by atoms with Crippen LogP contribution in [0.5, 0.6) is 0 Å². The predicted octanol–water partition coefficient (Wildman–Crippen LogP) is 1.27. The lowest BCUT2D eigenvalue weighted by Gasteiger charge is -2.08. The fourth-order valence-corrected chi connectivity index (χ4v) is 1.68. The van der Waals surface area contributed by atoms with E-state index in [0.717, 1.165) is 19.3 Å². The summed E-state index contributed by atoms with van der Waals surface area (Å²) in [7, 11) is 0. The maximum Gasteiger partial charge on any atom is 0.107 e. The first-order valence-corrected chi connectivity index (χ1v) is 5.46. The average molecular weight is 212 g/mol.